The molecule has 0 aromatic heterocycles. The van der Waals surface area contributed by atoms with Gasteiger partial charge < -0.3 is 14.6 Å². The predicted molar refractivity (Wildman–Crippen MR) is 72.1 cm³/mol. The van der Waals surface area contributed by atoms with E-state index in [-0.39, 0.29) is 0 Å². The van der Waals surface area contributed by atoms with Crippen molar-refractivity contribution in [2.45, 2.75) is 37.8 Å². The largest absolute Gasteiger partial charge is 0.496 e. The summed E-state index contributed by atoms with van der Waals surface area (Å²) < 4.78 is 23.5. The van der Waals surface area contributed by atoms with E-state index in [4.69, 9.17) is 9.47 Å². The lowest BCUT2D eigenvalue weighted by atomic mass is 9.78. The second-order valence-corrected chi connectivity index (χ2v) is 5.09. The number of carboxylic acids is 1. The summed E-state index contributed by atoms with van der Waals surface area (Å²) >= 11 is 0. The SMILES string of the molecule is COc1cc(C2(C(=O)O)CCCC2)c(OC)cc1CF. The minimum absolute atomic E-state index is 0.367. The van der Waals surface area contributed by atoms with Gasteiger partial charge in [0.1, 0.15) is 18.2 Å². The number of carboxylic acid groups (broad SMARTS) is 1. The third kappa shape index (κ3) is 2.21. The highest BCUT2D eigenvalue weighted by molar-refractivity contribution is 5.83. The third-order valence-electron chi connectivity index (χ3n) is 4.13. The second-order valence-electron chi connectivity index (χ2n) is 5.09. The van der Waals surface area contributed by atoms with Gasteiger partial charge in [-0.1, -0.05) is 12.8 Å². The van der Waals surface area contributed by atoms with Crippen LogP contribution < -0.4 is 9.47 Å². The Balaban J connectivity index is 2.62. The Morgan fingerprint density at radius 3 is 2.30 bits per heavy atom. The molecule has 0 saturated heterocycles. The zero-order valence-electron chi connectivity index (χ0n) is 11.7. The standard InChI is InChI=1S/C15H19FO4/c1-19-12-8-11(13(20-2)7-10(12)9-16)15(14(17)18)5-3-4-6-15/h7-8H,3-6,9H2,1-2H3,(H,17,18). The number of hydrogen-bond donors (Lipinski definition) is 1. The number of aliphatic carboxylic acids is 1. The van der Waals surface area contributed by atoms with Crippen LogP contribution in [0.1, 0.15) is 36.8 Å². The van der Waals surface area contributed by atoms with Crippen molar-refractivity contribution < 1.29 is 23.8 Å². The van der Waals surface area contributed by atoms with Crippen LogP contribution in [0, 0.1) is 0 Å². The normalized spacial score (nSPS) is 16.9. The van der Waals surface area contributed by atoms with Crippen LogP contribution in [0.2, 0.25) is 0 Å². The van der Waals surface area contributed by atoms with Gasteiger partial charge in [-0.05, 0) is 25.0 Å². The van der Waals surface area contributed by atoms with Gasteiger partial charge in [0.05, 0.1) is 19.6 Å². The van der Waals surface area contributed by atoms with Crippen molar-refractivity contribution in [1.29, 1.82) is 0 Å². The molecule has 0 unspecified atom stereocenters. The molecule has 0 radical (unpaired) electrons. The fourth-order valence-corrected chi connectivity index (χ4v) is 3.02. The van der Waals surface area contributed by atoms with Gasteiger partial charge in [0.15, 0.2) is 0 Å². The number of rotatable bonds is 5. The van der Waals surface area contributed by atoms with Crippen LogP contribution in [0.4, 0.5) is 4.39 Å². The van der Waals surface area contributed by atoms with Crippen molar-refractivity contribution in [3.63, 3.8) is 0 Å². The molecule has 0 bridgehead atoms. The molecule has 1 fully saturated rings. The summed E-state index contributed by atoms with van der Waals surface area (Å²) in [6, 6.07) is 3.16. The number of methoxy groups -OCH3 is 2. The van der Waals surface area contributed by atoms with E-state index in [1.807, 2.05) is 0 Å². The molecule has 1 aromatic rings. The van der Waals surface area contributed by atoms with E-state index >= 15 is 0 Å². The van der Waals surface area contributed by atoms with Gasteiger partial charge in [-0.15, -0.1) is 0 Å². The van der Waals surface area contributed by atoms with Gasteiger partial charge in [-0.3, -0.25) is 4.79 Å². The summed E-state index contributed by atoms with van der Waals surface area (Å²) in [5.74, 6) is -0.0677. The van der Waals surface area contributed by atoms with E-state index in [0.29, 0.717) is 35.5 Å². The Hall–Kier alpha value is -1.78. The number of alkyl halides is 1. The molecule has 110 valence electrons. The lowest BCUT2D eigenvalue weighted by Gasteiger charge is -2.27. The van der Waals surface area contributed by atoms with Crippen LogP contribution >= 0.6 is 0 Å². The van der Waals surface area contributed by atoms with Crippen molar-refractivity contribution in [2.24, 2.45) is 0 Å². The molecule has 0 atom stereocenters. The topological polar surface area (TPSA) is 55.8 Å². The number of ether oxygens (including phenoxy) is 2. The highest BCUT2D eigenvalue weighted by Crippen LogP contribution is 2.47. The van der Waals surface area contributed by atoms with E-state index in [9.17, 15) is 14.3 Å². The first kappa shape index (κ1) is 14.6. The molecule has 2 rings (SSSR count). The van der Waals surface area contributed by atoms with Crippen LogP contribution in [-0.4, -0.2) is 25.3 Å². The molecule has 20 heavy (non-hydrogen) atoms. The molecule has 1 aliphatic carbocycles. The first-order chi connectivity index (χ1) is 9.58. The van der Waals surface area contributed by atoms with Crippen molar-refractivity contribution in [2.75, 3.05) is 14.2 Å². The van der Waals surface area contributed by atoms with Crippen molar-refractivity contribution in [3.8, 4) is 11.5 Å². The summed E-state index contributed by atoms with van der Waals surface area (Å²) in [7, 11) is 2.92. The van der Waals surface area contributed by atoms with Gasteiger partial charge in [0.2, 0.25) is 0 Å². The van der Waals surface area contributed by atoms with Crippen molar-refractivity contribution in [3.05, 3.63) is 23.3 Å². The molecule has 5 heteroatoms. The summed E-state index contributed by atoms with van der Waals surface area (Å²) in [5.41, 5.74) is -0.00122. The van der Waals surface area contributed by atoms with E-state index < -0.39 is 18.1 Å². The van der Waals surface area contributed by atoms with Gasteiger partial charge in [0, 0.05) is 11.1 Å². The maximum absolute atomic E-state index is 13.0. The summed E-state index contributed by atoms with van der Waals surface area (Å²) in [4.78, 5) is 11.8. The smallest absolute Gasteiger partial charge is 0.314 e. The zero-order chi connectivity index (χ0) is 14.8. The second kappa shape index (κ2) is 5.69. The Labute approximate surface area is 117 Å². The van der Waals surface area contributed by atoms with E-state index in [0.717, 1.165) is 12.8 Å². The molecular weight excluding hydrogens is 263 g/mol. The predicted octanol–water partition coefficient (Wildman–Crippen LogP) is 3.07. The zero-order valence-corrected chi connectivity index (χ0v) is 11.7. The Morgan fingerprint density at radius 2 is 1.85 bits per heavy atom. The van der Waals surface area contributed by atoms with E-state index in [2.05, 4.69) is 0 Å². The Morgan fingerprint density at radius 1 is 1.25 bits per heavy atom. The van der Waals surface area contributed by atoms with E-state index in [1.54, 1.807) is 6.07 Å². The molecule has 1 N–H and O–H groups in total. The van der Waals surface area contributed by atoms with Crippen molar-refractivity contribution in [1.82, 2.24) is 0 Å². The van der Waals surface area contributed by atoms with Crippen LogP contribution in [-0.2, 0) is 16.9 Å². The molecule has 1 saturated carbocycles. The summed E-state index contributed by atoms with van der Waals surface area (Å²) in [5, 5.41) is 9.66. The maximum Gasteiger partial charge on any atom is 0.314 e. The Kier molecular flexibility index (Phi) is 4.16. The molecule has 0 amide bonds. The molecule has 0 heterocycles. The van der Waals surface area contributed by atoms with Gasteiger partial charge >= 0.3 is 5.97 Å². The van der Waals surface area contributed by atoms with Crippen LogP contribution in [0.15, 0.2) is 12.1 Å². The number of benzene rings is 1. The number of hydrogen-bond acceptors (Lipinski definition) is 3. The fraction of sp³-hybridized carbons (Fsp3) is 0.533. The summed E-state index contributed by atoms with van der Waals surface area (Å²) in [6.07, 6.45) is 2.86. The number of halogens is 1. The minimum Gasteiger partial charge on any atom is -0.496 e. The van der Waals surface area contributed by atoms with Gasteiger partial charge in [0.25, 0.3) is 0 Å². The first-order valence-corrected chi connectivity index (χ1v) is 6.64. The monoisotopic (exact) mass is 282 g/mol. The molecule has 1 aromatic carbocycles. The lowest BCUT2D eigenvalue weighted by molar-refractivity contribution is -0.143. The fourth-order valence-electron chi connectivity index (χ4n) is 3.02. The highest BCUT2D eigenvalue weighted by atomic mass is 19.1. The quantitative estimate of drug-likeness (QED) is 0.901. The molecule has 4 nitrogen and oxygen atoms in total. The lowest BCUT2D eigenvalue weighted by Crippen LogP contribution is -2.33. The van der Waals surface area contributed by atoms with Crippen LogP contribution in [0.5, 0.6) is 11.5 Å². The molecule has 0 aliphatic heterocycles. The van der Waals surface area contributed by atoms with Crippen molar-refractivity contribution >= 4 is 5.97 Å². The third-order valence-corrected chi connectivity index (χ3v) is 4.13. The first-order valence-electron chi connectivity index (χ1n) is 6.64. The Bertz CT molecular complexity index is 507. The average Bonchev–Trinajstić information content (AvgIpc) is 2.96. The summed E-state index contributed by atoms with van der Waals surface area (Å²) in [6.45, 7) is -0.681. The van der Waals surface area contributed by atoms with E-state index in [1.165, 1.54) is 20.3 Å². The van der Waals surface area contributed by atoms with Crippen LogP contribution in [0.3, 0.4) is 0 Å². The minimum atomic E-state index is -0.951. The van der Waals surface area contributed by atoms with Crippen LogP contribution in [0.25, 0.3) is 0 Å². The number of carbonyl (C=O) groups is 1. The highest BCUT2D eigenvalue weighted by Gasteiger charge is 2.45. The average molecular weight is 282 g/mol. The molecular formula is C15H19FO4. The molecule has 0 spiro atoms. The van der Waals surface area contributed by atoms with Gasteiger partial charge in [-0.25, -0.2) is 4.39 Å². The maximum atomic E-state index is 13.0. The van der Waals surface area contributed by atoms with Gasteiger partial charge in [-0.2, -0.15) is 0 Å². The molecule has 1 aliphatic rings.